The maximum atomic E-state index is 14.1. The third-order valence-electron chi connectivity index (χ3n) is 7.24. The van der Waals surface area contributed by atoms with Crippen molar-refractivity contribution in [1.29, 1.82) is 0 Å². The van der Waals surface area contributed by atoms with E-state index in [1.54, 1.807) is 0 Å². The zero-order valence-corrected chi connectivity index (χ0v) is 18.5. The molecule has 2 aliphatic heterocycles. The molecule has 4 nitrogen and oxygen atoms in total. The van der Waals surface area contributed by atoms with E-state index in [4.69, 9.17) is 4.74 Å². The van der Waals surface area contributed by atoms with Gasteiger partial charge in [0, 0.05) is 0 Å². The Morgan fingerprint density at radius 1 is 0.906 bits per heavy atom. The summed E-state index contributed by atoms with van der Waals surface area (Å²) in [6.07, 6.45) is -1.12. The van der Waals surface area contributed by atoms with Crippen LogP contribution in [-0.4, -0.2) is 28.1 Å². The van der Waals surface area contributed by atoms with Crippen LogP contribution in [-0.2, 0) is 9.53 Å². The highest BCUT2D eigenvalue weighted by Crippen LogP contribution is 2.66. The van der Waals surface area contributed by atoms with Gasteiger partial charge in [0.05, 0.1) is 24.3 Å². The van der Waals surface area contributed by atoms with Crippen molar-refractivity contribution in [3.8, 4) is 0 Å². The Morgan fingerprint density at radius 3 is 2.00 bits per heavy atom. The highest BCUT2D eigenvalue weighted by atomic mass is 16.5. The smallest absolute Gasteiger partial charge is 0.238 e. The summed E-state index contributed by atoms with van der Waals surface area (Å²) in [5.74, 6) is -0.0417. The number of aliphatic hydroxyl groups excluding tert-OH is 1. The van der Waals surface area contributed by atoms with E-state index in [0.717, 1.165) is 16.7 Å². The van der Waals surface area contributed by atoms with Gasteiger partial charge >= 0.3 is 0 Å². The van der Waals surface area contributed by atoms with E-state index in [9.17, 15) is 9.90 Å². The van der Waals surface area contributed by atoms with E-state index < -0.39 is 17.6 Å². The Kier molecular flexibility index (Phi) is 5.36. The second kappa shape index (κ2) is 8.19. The first-order valence-corrected chi connectivity index (χ1v) is 11.4. The third kappa shape index (κ3) is 2.94. The number of likely N-dealkylation sites (tertiary alicyclic amines) is 1. The molecule has 0 aromatic heterocycles. The van der Waals surface area contributed by atoms with Gasteiger partial charge in [-0.2, -0.15) is 0 Å². The molecule has 2 saturated heterocycles. The van der Waals surface area contributed by atoms with Gasteiger partial charge in [0.2, 0.25) is 5.91 Å². The summed E-state index contributed by atoms with van der Waals surface area (Å²) in [4.78, 5) is 16.1. The van der Waals surface area contributed by atoms with Gasteiger partial charge < -0.3 is 14.7 Å². The molecular formula is C28H29NO3. The molecule has 2 heterocycles. The molecule has 1 N–H and O–H groups in total. The van der Waals surface area contributed by atoms with Gasteiger partial charge in [0.25, 0.3) is 0 Å². The lowest BCUT2D eigenvalue weighted by Gasteiger charge is -2.59. The van der Waals surface area contributed by atoms with E-state index in [1.165, 1.54) is 0 Å². The normalized spacial score (nSPS) is 30.3. The third-order valence-corrected chi connectivity index (χ3v) is 7.24. The molecule has 1 amide bonds. The molecule has 0 unspecified atom stereocenters. The summed E-state index contributed by atoms with van der Waals surface area (Å²) in [5.41, 5.74) is 1.99. The first-order chi connectivity index (χ1) is 15.6. The number of carbonyl (C=O) groups excluding carboxylic acids is 1. The molecule has 164 valence electrons. The predicted octanol–water partition coefficient (Wildman–Crippen LogP) is 5.23. The van der Waals surface area contributed by atoms with Crippen LogP contribution >= 0.6 is 0 Å². The topological polar surface area (TPSA) is 49.8 Å². The van der Waals surface area contributed by atoms with Gasteiger partial charge in [0.15, 0.2) is 0 Å². The molecule has 2 fully saturated rings. The number of amides is 1. The number of hydrogen-bond acceptors (Lipinski definition) is 3. The molecule has 6 atom stereocenters. The molecule has 5 rings (SSSR count). The molecule has 3 aromatic rings. The van der Waals surface area contributed by atoms with Gasteiger partial charge in [0.1, 0.15) is 11.5 Å². The van der Waals surface area contributed by atoms with Crippen molar-refractivity contribution in [2.75, 3.05) is 0 Å². The molecule has 4 heteroatoms. The van der Waals surface area contributed by atoms with Crippen LogP contribution < -0.4 is 0 Å². The summed E-state index contributed by atoms with van der Waals surface area (Å²) >= 11 is 0. The molecule has 0 bridgehead atoms. The zero-order chi connectivity index (χ0) is 22.3. The average Bonchev–Trinajstić information content (AvgIpc) is 3.17. The minimum Gasteiger partial charge on any atom is -0.389 e. The van der Waals surface area contributed by atoms with Crippen molar-refractivity contribution in [3.05, 3.63) is 108 Å². The van der Waals surface area contributed by atoms with E-state index >= 15 is 0 Å². The molecule has 1 spiro atoms. The van der Waals surface area contributed by atoms with E-state index in [1.807, 2.05) is 78.6 Å². The summed E-state index contributed by atoms with van der Waals surface area (Å²) in [7, 11) is 0. The standard InChI is InChI=1S/C28H29NO3/c1-3-23-25(30)28(26(32-23)22-17-11-6-12-18-22)24(21-15-9-5-10-16-21)29(27(28)31)19(2)20-13-7-4-8-14-20/h4-19,23-26,30H,3H2,1-2H3/t19-,23-,24+,25-,26-,28+/m0/s1. The van der Waals surface area contributed by atoms with E-state index in [0.29, 0.717) is 6.42 Å². The Labute approximate surface area is 189 Å². The van der Waals surface area contributed by atoms with Gasteiger partial charge in [-0.05, 0) is 30.0 Å². The molecule has 2 aliphatic rings. The van der Waals surface area contributed by atoms with Crippen molar-refractivity contribution >= 4 is 5.91 Å². The van der Waals surface area contributed by atoms with Crippen LogP contribution in [0, 0.1) is 5.41 Å². The largest absolute Gasteiger partial charge is 0.389 e. The Hall–Kier alpha value is -2.95. The number of ether oxygens (including phenoxy) is 1. The van der Waals surface area contributed by atoms with Crippen molar-refractivity contribution in [3.63, 3.8) is 0 Å². The number of nitrogens with zero attached hydrogens (tertiary/aromatic N) is 1. The maximum absolute atomic E-state index is 14.1. The molecular weight excluding hydrogens is 398 g/mol. The van der Waals surface area contributed by atoms with Crippen LogP contribution in [0.25, 0.3) is 0 Å². The maximum Gasteiger partial charge on any atom is 0.238 e. The minimum atomic E-state index is -1.05. The predicted molar refractivity (Wildman–Crippen MR) is 124 cm³/mol. The van der Waals surface area contributed by atoms with Gasteiger partial charge in [-0.25, -0.2) is 0 Å². The van der Waals surface area contributed by atoms with Crippen molar-refractivity contribution in [2.24, 2.45) is 5.41 Å². The summed E-state index contributed by atoms with van der Waals surface area (Å²) < 4.78 is 6.43. The Balaban J connectivity index is 1.66. The van der Waals surface area contributed by atoms with Gasteiger partial charge in [-0.3, -0.25) is 4.79 Å². The molecule has 0 aliphatic carbocycles. The summed E-state index contributed by atoms with van der Waals surface area (Å²) in [5, 5.41) is 11.6. The number of hydrogen-bond donors (Lipinski definition) is 1. The van der Waals surface area contributed by atoms with Crippen molar-refractivity contribution in [1.82, 2.24) is 4.90 Å². The summed E-state index contributed by atoms with van der Waals surface area (Å²) in [6, 6.07) is 29.6. The number of carbonyl (C=O) groups is 1. The second-order valence-corrected chi connectivity index (χ2v) is 8.86. The first-order valence-electron chi connectivity index (χ1n) is 11.4. The zero-order valence-electron chi connectivity index (χ0n) is 18.5. The Bertz CT molecular complexity index is 1070. The minimum absolute atomic E-state index is 0.0417. The molecule has 0 radical (unpaired) electrons. The molecule has 32 heavy (non-hydrogen) atoms. The SMILES string of the molecule is CC[C@@H]1O[C@@H](c2ccccc2)[C@]2(C(=O)N([C@@H](C)c3ccccc3)[C@@H]2c2ccccc2)[C@H]1O. The van der Waals surface area contributed by atoms with E-state index in [-0.39, 0.29) is 24.1 Å². The van der Waals surface area contributed by atoms with E-state index in [2.05, 4.69) is 31.2 Å². The van der Waals surface area contributed by atoms with Crippen LogP contribution in [0.5, 0.6) is 0 Å². The molecule has 3 aromatic carbocycles. The summed E-state index contributed by atoms with van der Waals surface area (Å²) in [6.45, 7) is 4.06. The lowest BCUT2D eigenvalue weighted by atomic mass is 9.59. The van der Waals surface area contributed by atoms with Gasteiger partial charge in [-0.15, -0.1) is 0 Å². The Morgan fingerprint density at radius 2 is 1.44 bits per heavy atom. The number of β-lactam (4-membered cyclic amide) rings is 1. The fraction of sp³-hybridized carbons (Fsp3) is 0.321. The van der Waals surface area contributed by atoms with Crippen LogP contribution in [0.3, 0.4) is 0 Å². The first kappa shape index (κ1) is 20.9. The lowest BCUT2D eigenvalue weighted by Crippen LogP contribution is -2.69. The quantitative estimate of drug-likeness (QED) is 0.568. The van der Waals surface area contributed by atoms with Crippen molar-refractivity contribution < 1.29 is 14.6 Å². The van der Waals surface area contributed by atoms with Crippen LogP contribution in [0.4, 0.5) is 0 Å². The van der Waals surface area contributed by atoms with Crippen LogP contribution in [0.1, 0.15) is 55.1 Å². The number of benzene rings is 3. The lowest BCUT2D eigenvalue weighted by molar-refractivity contribution is -0.199. The van der Waals surface area contributed by atoms with Crippen molar-refractivity contribution in [2.45, 2.75) is 50.7 Å². The number of aliphatic hydroxyl groups is 1. The highest BCUT2D eigenvalue weighted by molar-refractivity contribution is 5.93. The fourth-order valence-corrected chi connectivity index (χ4v) is 5.66. The highest BCUT2D eigenvalue weighted by Gasteiger charge is 2.74. The number of rotatable bonds is 5. The molecule has 0 saturated carbocycles. The average molecular weight is 428 g/mol. The van der Waals surface area contributed by atoms with Crippen LogP contribution in [0.15, 0.2) is 91.0 Å². The van der Waals surface area contributed by atoms with Gasteiger partial charge in [-0.1, -0.05) is 97.9 Å². The van der Waals surface area contributed by atoms with Crippen LogP contribution in [0.2, 0.25) is 0 Å². The monoisotopic (exact) mass is 427 g/mol. The fourth-order valence-electron chi connectivity index (χ4n) is 5.66. The second-order valence-electron chi connectivity index (χ2n) is 8.86.